The van der Waals surface area contributed by atoms with Gasteiger partial charge in [0, 0.05) is 22.5 Å². The minimum absolute atomic E-state index is 0.0542. The number of nitrogens with zero attached hydrogens (tertiary/aromatic N) is 3. The van der Waals surface area contributed by atoms with Crippen molar-refractivity contribution in [3.8, 4) is 0 Å². The number of rotatable bonds is 3. The Morgan fingerprint density at radius 1 is 1.44 bits per heavy atom. The third kappa shape index (κ3) is 2.91. The van der Waals surface area contributed by atoms with Gasteiger partial charge in [-0.3, -0.25) is 9.89 Å². The third-order valence-electron chi connectivity index (χ3n) is 4.76. The van der Waals surface area contributed by atoms with E-state index in [1.807, 2.05) is 30.9 Å². The molecule has 3 aromatic rings. The van der Waals surface area contributed by atoms with E-state index in [4.69, 9.17) is 16.0 Å². The monoisotopic (exact) mass is 358 g/mol. The summed E-state index contributed by atoms with van der Waals surface area (Å²) in [6, 6.07) is 3.72. The normalized spacial score (nSPS) is 17.6. The van der Waals surface area contributed by atoms with Crippen molar-refractivity contribution in [2.75, 3.05) is 6.54 Å². The number of hydrogen-bond acceptors (Lipinski definition) is 4. The number of likely N-dealkylation sites (tertiary alicyclic amines) is 1. The highest BCUT2D eigenvalue weighted by Crippen LogP contribution is 2.32. The van der Waals surface area contributed by atoms with Crippen molar-refractivity contribution in [1.29, 1.82) is 0 Å². The summed E-state index contributed by atoms with van der Waals surface area (Å²) in [5.41, 5.74) is 2.58. The molecule has 0 radical (unpaired) electrons. The Bertz CT molecular complexity index is 946. The molecule has 4 rings (SSSR count). The maximum absolute atomic E-state index is 12.9. The molecular weight excluding hydrogens is 340 g/mol. The van der Waals surface area contributed by atoms with Gasteiger partial charge in [0.15, 0.2) is 5.82 Å². The van der Waals surface area contributed by atoms with Crippen molar-refractivity contribution in [3.63, 3.8) is 0 Å². The molecule has 130 valence electrons. The predicted molar refractivity (Wildman–Crippen MR) is 94.5 cm³/mol. The Kier molecular flexibility index (Phi) is 4.00. The van der Waals surface area contributed by atoms with Gasteiger partial charge in [-0.1, -0.05) is 11.6 Å². The van der Waals surface area contributed by atoms with Crippen LogP contribution in [0.1, 0.15) is 41.7 Å². The minimum atomic E-state index is -0.0542. The lowest BCUT2D eigenvalue weighted by Gasteiger charge is -2.22. The largest absolute Gasteiger partial charge is 0.464 e. The highest BCUT2D eigenvalue weighted by molar-refractivity contribution is 6.32. The molecule has 3 heterocycles. The van der Waals surface area contributed by atoms with Crippen LogP contribution in [-0.4, -0.2) is 32.5 Å². The standard InChI is InChI=1S/C18H19ClN4O2/c1-10-6-16-13(8-14(10)19)12(9-25-16)7-17(24)23-5-3-4-15(23)18-20-11(2)21-22-18/h6,8-9,15H,3-5,7H2,1-2H3,(H,20,21,22)/t15-/m0/s1. The Balaban J connectivity index is 1.58. The number of carbonyl (C=O) groups excluding carboxylic acids is 1. The van der Waals surface area contributed by atoms with Gasteiger partial charge in [0.1, 0.15) is 11.4 Å². The first-order valence-corrected chi connectivity index (χ1v) is 8.75. The first kappa shape index (κ1) is 16.1. The molecule has 0 aliphatic carbocycles. The minimum Gasteiger partial charge on any atom is -0.464 e. The van der Waals surface area contributed by atoms with Crippen LogP contribution in [0.2, 0.25) is 5.02 Å². The SMILES string of the molecule is Cc1nc([C@@H]2CCCN2C(=O)Cc2coc3cc(C)c(Cl)cc23)n[nH]1. The summed E-state index contributed by atoms with van der Waals surface area (Å²) in [6.07, 6.45) is 3.79. The molecule has 1 fully saturated rings. The summed E-state index contributed by atoms with van der Waals surface area (Å²) < 4.78 is 5.60. The molecule has 1 aromatic carbocycles. The summed E-state index contributed by atoms with van der Waals surface area (Å²) in [4.78, 5) is 19.2. The molecule has 25 heavy (non-hydrogen) atoms. The molecule has 1 aliphatic heterocycles. The van der Waals surface area contributed by atoms with Crippen molar-refractivity contribution in [2.45, 2.75) is 39.2 Å². The highest BCUT2D eigenvalue weighted by atomic mass is 35.5. The first-order valence-electron chi connectivity index (χ1n) is 8.37. The fourth-order valence-corrected chi connectivity index (χ4v) is 3.61. The number of hydrogen-bond donors (Lipinski definition) is 1. The molecule has 0 spiro atoms. The Labute approximate surface area is 150 Å². The van der Waals surface area contributed by atoms with Gasteiger partial charge in [0.2, 0.25) is 5.91 Å². The molecule has 0 saturated carbocycles. The third-order valence-corrected chi connectivity index (χ3v) is 5.17. The lowest BCUT2D eigenvalue weighted by molar-refractivity contribution is -0.131. The summed E-state index contributed by atoms with van der Waals surface area (Å²) in [6.45, 7) is 4.52. The zero-order valence-corrected chi connectivity index (χ0v) is 14.9. The van der Waals surface area contributed by atoms with Crippen LogP contribution in [0, 0.1) is 13.8 Å². The maximum atomic E-state index is 12.9. The van der Waals surface area contributed by atoms with Gasteiger partial charge in [0.05, 0.1) is 18.7 Å². The molecule has 1 aliphatic rings. The van der Waals surface area contributed by atoms with Gasteiger partial charge < -0.3 is 9.32 Å². The number of furan rings is 1. The average Bonchev–Trinajstić information content (AvgIpc) is 3.29. The summed E-state index contributed by atoms with van der Waals surface area (Å²) in [7, 11) is 0. The second kappa shape index (κ2) is 6.19. The van der Waals surface area contributed by atoms with Crippen molar-refractivity contribution in [1.82, 2.24) is 20.1 Å². The van der Waals surface area contributed by atoms with Crippen LogP contribution in [0.5, 0.6) is 0 Å². The molecule has 2 aromatic heterocycles. The van der Waals surface area contributed by atoms with E-state index in [9.17, 15) is 4.79 Å². The number of amides is 1. The van der Waals surface area contributed by atoms with Crippen LogP contribution in [0.3, 0.4) is 0 Å². The van der Waals surface area contributed by atoms with E-state index in [2.05, 4.69) is 15.2 Å². The number of carbonyl (C=O) groups is 1. The number of aryl methyl sites for hydroxylation is 2. The maximum Gasteiger partial charge on any atom is 0.227 e. The smallest absolute Gasteiger partial charge is 0.227 e. The van der Waals surface area contributed by atoms with E-state index < -0.39 is 0 Å². The average molecular weight is 359 g/mol. The second-order valence-electron chi connectivity index (χ2n) is 6.56. The van der Waals surface area contributed by atoms with E-state index in [-0.39, 0.29) is 18.4 Å². The van der Waals surface area contributed by atoms with Crippen LogP contribution in [0.15, 0.2) is 22.8 Å². The van der Waals surface area contributed by atoms with Crippen LogP contribution >= 0.6 is 11.6 Å². The van der Waals surface area contributed by atoms with Gasteiger partial charge >= 0.3 is 0 Å². The van der Waals surface area contributed by atoms with E-state index in [0.717, 1.165) is 47.3 Å². The summed E-state index contributed by atoms with van der Waals surface area (Å²) in [5, 5.41) is 8.67. The van der Waals surface area contributed by atoms with Gasteiger partial charge in [0.25, 0.3) is 0 Å². The molecule has 1 saturated heterocycles. The summed E-state index contributed by atoms with van der Waals surface area (Å²) >= 11 is 6.23. The number of halogens is 1. The molecule has 0 unspecified atom stereocenters. The highest BCUT2D eigenvalue weighted by Gasteiger charge is 2.32. The molecule has 7 heteroatoms. The van der Waals surface area contributed by atoms with Crippen LogP contribution in [0.25, 0.3) is 11.0 Å². The lowest BCUT2D eigenvalue weighted by Crippen LogP contribution is -2.32. The molecule has 1 N–H and O–H groups in total. The number of fused-ring (bicyclic) bond motifs is 1. The van der Waals surface area contributed by atoms with E-state index >= 15 is 0 Å². The fraction of sp³-hybridized carbons (Fsp3) is 0.389. The summed E-state index contributed by atoms with van der Waals surface area (Å²) in [5.74, 6) is 1.52. The molecular formula is C18H19ClN4O2. The van der Waals surface area contributed by atoms with Crippen molar-refractivity contribution in [3.05, 3.63) is 46.2 Å². The van der Waals surface area contributed by atoms with Crippen molar-refractivity contribution >= 4 is 28.5 Å². The van der Waals surface area contributed by atoms with E-state index in [1.165, 1.54) is 0 Å². The fourth-order valence-electron chi connectivity index (χ4n) is 3.45. The molecule has 1 amide bonds. The quantitative estimate of drug-likeness (QED) is 0.774. The zero-order chi connectivity index (χ0) is 17.6. The van der Waals surface area contributed by atoms with E-state index in [0.29, 0.717) is 10.8 Å². The number of nitrogens with one attached hydrogen (secondary N) is 1. The Hall–Kier alpha value is -2.34. The first-order chi connectivity index (χ1) is 12.0. The second-order valence-corrected chi connectivity index (χ2v) is 6.97. The lowest BCUT2D eigenvalue weighted by atomic mass is 10.1. The van der Waals surface area contributed by atoms with Gasteiger partial charge in [-0.05, 0) is 44.4 Å². The van der Waals surface area contributed by atoms with Crippen molar-refractivity contribution < 1.29 is 9.21 Å². The molecule has 0 bridgehead atoms. The number of benzene rings is 1. The molecule has 1 atom stereocenters. The Morgan fingerprint density at radius 2 is 2.28 bits per heavy atom. The van der Waals surface area contributed by atoms with Gasteiger partial charge in [-0.25, -0.2) is 4.98 Å². The predicted octanol–water partition coefficient (Wildman–Crippen LogP) is 3.73. The van der Waals surface area contributed by atoms with Crippen LogP contribution < -0.4 is 0 Å². The van der Waals surface area contributed by atoms with E-state index in [1.54, 1.807) is 6.26 Å². The van der Waals surface area contributed by atoms with Crippen molar-refractivity contribution in [2.24, 2.45) is 0 Å². The number of aromatic amines is 1. The van der Waals surface area contributed by atoms with Crippen LogP contribution in [0.4, 0.5) is 0 Å². The topological polar surface area (TPSA) is 75.0 Å². The van der Waals surface area contributed by atoms with Gasteiger partial charge in [-0.2, -0.15) is 5.10 Å². The van der Waals surface area contributed by atoms with Gasteiger partial charge in [-0.15, -0.1) is 0 Å². The number of H-pyrrole nitrogens is 1. The number of aromatic nitrogens is 3. The zero-order valence-electron chi connectivity index (χ0n) is 14.2. The van der Waals surface area contributed by atoms with Crippen LogP contribution in [-0.2, 0) is 11.2 Å². The Morgan fingerprint density at radius 3 is 3.04 bits per heavy atom. The molecule has 6 nitrogen and oxygen atoms in total.